The Bertz CT molecular complexity index is 319. The Labute approximate surface area is 196 Å². The van der Waals surface area contributed by atoms with Crippen LogP contribution in [0.3, 0.4) is 0 Å². The quantitative estimate of drug-likeness (QED) is 0.120. The summed E-state index contributed by atoms with van der Waals surface area (Å²) in [6.45, 7) is 9.97. The lowest BCUT2D eigenvalue weighted by atomic mass is 10.2. The van der Waals surface area contributed by atoms with Gasteiger partial charge in [-0.15, -0.1) is 0 Å². The molecule has 0 aromatic carbocycles. The van der Waals surface area contributed by atoms with Crippen LogP contribution in [-0.2, 0) is 0 Å². The maximum absolute atomic E-state index is 9.18. The Morgan fingerprint density at radius 3 is 0.625 bits per heavy atom. The zero-order chi connectivity index (χ0) is 23.7. The molecule has 0 aliphatic rings. The monoisotopic (exact) mass is 463 g/mol. The van der Waals surface area contributed by atoms with Crippen molar-refractivity contribution < 1.29 is 25.5 Å². The van der Waals surface area contributed by atoms with E-state index in [9.17, 15) is 5.11 Å². The van der Waals surface area contributed by atoms with Crippen molar-refractivity contribution in [2.45, 2.75) is 64.2 Å². The summed E-state index contributed by atoms with van der Waals surface area (Å²) >= 11 is 0. The zero-order valence-electron chi connectivity index (χ0n) is 20.5. The highest BCUT2D eigenvalue weighted by atomic mass is 16.3. The van der Waals surface area contributed by atoms with E-state index < -0.39 is 0 Å². The minimum absolute atomic E-state index is 0.233. The SMILES string of the molecule is OCCCCN(CCCCO)CCN(CCCCO)CCN(CCCCO)CCCCO. The van der Waals surface area contributed by atoms with Crippen LogP contribution in [0.25, 0.3) is 0 Å². The van der Waals surface area contributed by atoms with Crippen molar-refractivity contribution in [3.05, 3.63) is 0 Å². The van der Waals surface area contributed by atoms with Crippen LogP contribution in [0.15, 0.2) is 0 Å². The van der Waals surface area contributed by atoms with Crippen LogP contribution in [0.2, 0.25) is 0 Å². The second-order valence-corrected chi connectivity index (χ2v) is 8.68. The molecule has 0 fully saturated rings. The van der Waals surface area contributed by atoms with Gasteiger partial charge in [0.15, 0.2) is 0 Å². The van der Waals surface area contributed by atoms with Crippen molar-refractivity contribution in [1.82, 2.24) is 14.7 Å². The predicted molar refractivity (Wildman–Crippen MR) is 131 cm³/mol. The lowest BCUT2D eigenvalue weighted by Gasteiger charge is -2.30. The van der Waals surface area contributed by atoms with Gasteiger partial charge in [0.05, 0.1) is 0 Å². The van der Waals surface area contributed by atoms with Crippen LogP contribution in [0.4, 0.5) is 0 Å². The first-order valence-corrected chi connectivity index (χ1v) is 12.9. The molecule has 0 radical (unpaired) electrons. The molecule has 8 heteroatoms. The molecule has 0 rings (SSSR count). The summed E-state index contributed by atoms with van der Waals surface area (Å²) in [7, 11) is 0. The Balaban J connectivity index is 4.70. The van der Waals surface area contributed by atoms with Crippen LogP contribution in [0.1, 0.15) is 64.2 Å². The van der Waals surface area contributed by atoms with Crippen molar-refractivity contribution in [3.63, 3.8) is 0 Å². The maximum atomic E-state index is 9.18. The summed E-state index contributed by atoms with van der Waals surface area (Å²) in [6.07, 6.45) is 9.08. The van der Waals surface area contributed by atoms with E-state index in [-0.39, 0.29) is 33.0 Å². The number of hydrogen-bond donors (Lipinski definition) is 5. The van der Waals surface area contributed by atoms with E-state index in [1.165, 1.54) is 0 Å². The average Bonchev–Trinajstić information content (AvgIpc) is 2.80. The lowest BCUT2D eigenvalue weighted by molar-refractivity contribution is 0.159. The third kappa shape index (κ3) is 20.3. The van der Waals surface area contributed by atoms with E-state index >= 15 is 0 Å². The van der Waals surface area contributed by atoms with Gasteiger partial charge in [0, 0.05) is 59.2 Å². The highest BCUT2D eigenvalue weighted by Crippen LogP contribution is 2.04. The number of aliphatic hydroxyl groups excluding tert-OH is 5. The number of hydrogen-bond acceptors (Lipinski definition) is 8. The Hall–Kier alpha value is -0.320. The molecule has 0 atom stereocenters. The molecule has 0 saturated carbocycles. The van der Waals surface area contributed by atoms with Crippen LogP contribution >= 0.6 is 0 Å². The molecule has 8 nitrogen and oxygen atoms in total. The van der Waals surface area contributed by atoms with Gasteiger partial charge in [-0.2, -0.15) is 0 Å². The molecule has 0 aliphatic heterocycles. The predicted octanol–water partition coefficient (Wildman–Crippen LogP) is 0.755. The van der Waals surface area contributed by atoms with Crippen molar-refractivity contribution in [2.75, 3.05) is 91.9 Å². The Morgan fingerprint density at radius 2 is 0.438 bits per heavy atom. The highest BCUT2D eigenvalue weighted by Gasteiger charge is 2.12. The molecule has 0 unspecified atom stereocenters. The van der Waals surface area contributed by atoms with Crippen LogP contribution < -0.4 is 0 Å². The molecular weight excluding hydrogens is 410 g/mol. The smallest absolute Gasteiger partial charge is 0.0431 e. The van der Waals surface area contributed by atoms with E-state index in [1.807, 2.05) is 0 Å². The minimum atomic E-state index is 0.233. The second-order valence-electron chi connectivity index (χ2n) is 8.68. The van der Waals surface area contributed by atoms with Gasteiger partial charge < -0.3 is 40.2 Å². The molecule has 0 heterocycles. The van der Waals surface area contributed by atoms with Gasteiger partial charge in [-0.1, -0.05) is 0 Å². The molecule has 0 saturated heterocycles. The topological polar surface area (TPSA) is 111 Å². The van der Waals surface area contributed by atoms with Crippen molar-refractivity contribution in [3.8, 4) is 0 Å². The van der Waals surface area contributed by atoms with Gasteiger partial charge in [0.1, 0.15) is 0 Å². The molecule has 0 aromatic heterocycles. The average molecular weight is 464 g/mol. The summed E-state index contributed by atoms with van der Waals surface area (Å²) in [6, 6.07) is 0. The van der Waals surface area contributed by atoms with Crippen molar-refractivity contribution in [1.29, 1.82) is 0 Å². The number of nitrogens with zero attached hydrogens (tertiary/aromatic N) is 3. The summed E-state index contributed by atoms with van der Waals surface area (Å²) in [5.41, 5.74) is 0. The lowest BCUT2D eigenvalue weighted by Crippen LogP contribution is -2.41. The fourth-order valence-corrected chi connectivity index (χ4v) is 3.81. The van der Waals surface area contributed by atoms with Crippen LogP contribution in [0.5, 0.6) is 0 Å². The normalized spacial score (nSPS) is 12.0. The van der Waals surface area contributed by atoms with Gasteiger partial charge in [0.25, 0.3) is 0 Å². The molecule has 0 amide bonds. The zero-order valence-corrected chi connectivity index (χ0v) is 20.5. The van der Waals surface area contributed by atoms with Gasteiger partial charge in [-0.25, -0.2) is 0 Å². The first-order chi connectivity index (χ1) is 15.7. The van der Waals surface area contributed by atoms with Gasteiger partial charge in [0.2, 0.25) is 0 Å². The van der Waals surface area contributed by atoms with Gasteiger partial charge in [-0.3, -0.25) is 0 Å². The standard InChI is InChI=1S/C24H53N3O5/c28-20-6-1-11-25(12-2-7-21-29)16-18-27(15-5-10-24-32)19-17-26(13-3-8-22-30)14-4-9-23-31/h28-32H,1-24H2. The Kier molecular flexibility index (Phi) is 25.1. The molecule has 0 spiro atoms. The molecule has 0 aromatic rings. The number of unbranched alkanes of at least 4 members (excludes halogenated alkanes) is 5. The number of aliphatic hydroxyl groups is 5. The van der Waals surface area contributed by atoms with E-state index in [1.54, 1.807) is 0 Å². The highest BCUT2D eigenvalue weighted by molar-refractivity contribution is 4.68. The summed E-state index contributed by atoms with van der Waals surface area (Å²) in [4.78, 5) is 7.39. The van der Waals surface area contributed by atoms with Crippen molar-refractivity contribution >= 4 is 0 Å². The van der Waals surface area contributed by atoms with Crippen molar-refractivity contribution in [2.24, 2.45) is 0 Å². The molecule has 5 N–H and O–H groups in total. The number of rotatable bonds is 26. The largest absolute Gasteiger partial charge is 0.396 e. The van der Waals surface area contributed by atoms with Crippen LogP contribution in [0, 0.1) is 0 Å². The van der Waals surface area contributed by atoms with E-state index in [2.05, 4.69) is 14.7 Å². The Morgan fingerprint density at radius 1 is 0.250 bits per heavy atom. The first kappa shape index (κ1) is 31.7. The molecule has 0 aliphatic carbocycles. The molecule has 194 valence electrons. The maximum Gasteiger partial charge on any atom is 0.0431 e. The summed E-state index contributed by atoms with van der Waals surface area (Å²) in [5, 5.41) is 45.6. The summed E-state index contributed by atoms with van der Waals surface area (Å²) < 4.78 is 0. The molecule has 0 bridgehead atoms. The van der Waals surface area contributed by atoms with Crippen LogP contribution in [-0.4, -0.2) is 132 Å². The van der Waals surface area contributed by atoms with E-state index in [0.29, 0.717) is 0 Å². The van der Waals surface area contributed by atoms with Gasteiger partial charge in [-0.05, 0) is 96.9 Å². The minimum Gasteiger partial charge on any atom is -0.396 e. The second kappa shape index (κ2) is 25.3. The fraction of sp³-hybridized carbons (Fsp3) is 1.00. The van der Waals surface area contributed by atoms with Gasteiger partial charge >= 0.3 is 0 Å². The third-order valence-electron chi connectivity index (χ3n) is 5.88. The fourth-order valence-electron chi connectivity index (χ4n) is 3.81. The third-order valence-corrected chi connectivity index (χ3v) is 5.88. The van der Waals surface area contributed by atoms with E-state index in [4.69, 9.17) is 20.4 Å². The summed E-state index contributed by atoms with van der Waals surface area (Å²) in [5.74, 6) is 0. The molecule has 32 heavy (non-hydrogen) atoms. The first-order valence-electron chi connectivity index (χ1n) is 12.9. The van der Waals surface area contributed by atoms with E-state index in [0.717, 1.165) is 123 Å². The molecular formula is C24H53N3O5.